The molecule has 1 aromatic carbocycles. The third-order valence-electron chi connectivity index (χ3n) is 4.09. The zero-order chi connectivity index (χ0) is 14.8. The Morgan fingerprint density at radius 1 is 1.43 bits per heavy atom. The highest BCUT2D eigenvalue weighted by Crippen LogP contribution is 2.29. The van der Waals surface area contributed by atoms with Crippen LogP contribution in [0.15, 0.2) is 18.2 Å². The predicted molar refractivity (Wildman–Crippen MR) is 86.9 cm³/mol. The summed E-state index contributed by atoms with van der Waals surface area (Å²) in [6, 6.07) is 6.31. The fraction of sp³-hybridized carbons (Fsp3) is 0.588. The minimum absolute atomic E-state index is 0.0795. The van der Waals surface area contributed by atoms with Crippen molar-refractivity contribution in [2.45, 2.75) is 45.0 Å². The Hall–Kier alpha value is -1.06. The molecule has 0 radical (unpaired) electrons. The second kappa shape index (κ2) is 6.37. The molecule has 1 unspecified atom stereocenters. The molecule has 1 aromatic heterocycles. The molecule has 1 fully saturated rings. The van der Waals surface area contributed by atoms with Crippen LogP contribution in [0.5, 0.6) is 0 Å². The third-order valence-corrected chi connectivity index (χ3v) is 4.28. The van der Waals surface area contributed by atoms with E-state index in [9.17, 15) is 0 Å². The van der Waals surface area contributed by atoms with Gasteiger partial charge in [-0.2, -0.15) is 0 Å². The van der Waals surface area contributed by atoms with Crippen LogP contribution in [-0.4, -0.2) is 22.8 Å². The summed E-state index contributed by atoms with van der Waals surface area (Å²) in [6.45, 7) is 6.75. The lowest BCUT2D eigenvalue weighted by atomic mass is 10.2. The van der Waals surface area contributed by atoms with Gasteiger partial charge < -0.3 is 9.30 Å². The van der Waals surface area contributed by atoms with Gasteiger partial charge in [-0.1, -0.05) is 12.1 Å². The molecule has 2 aromatic rings. The summed E-state index contributed by atoms with van der Waals surface area (Å²) < 4.78 is 7.98. The first-order valence-electron chi connectivity index (χ1n) is 7.84. The second-order valence-electron chi connectivity index (χ2n) is 6.05. The van der Waals surface area contributed by atoms with Crippen molar-refractivity contribution in [2.75, 3.05) is 13.2 Å². The maximum absolute atomic E-state index is 6.31. The van der Waals surface area contributed by atoms with E-state index in [0.29, 0.717) is 0 Å². The molecule has 0 bridgehead atoms. The van der Waals surface area contributed by atoms with Gasteiger partial charge in [0, 0.05) is 19.8 Å². The van der Waals surface area contributed by atoms with E-state index in [-0.39, 0.29) is 5.38 Å². The van der Waals surface area contributed by atoms with Gasteiger partial charge in [0.05, 0.1) is 16.4 Å². The number of ether oxygens (including phenoxy) is 1. The minimum Gasteiger partial charge on any atom is -0.381 e. The van der Waals surface area contributed by atoms with Gasteiger partial charge in [-0.3, -0.25) is 0 Å². The smallest absolute Gasteiger partial charge is 0.127 e. The number of alkyl halides is 1. The molecule has 1 aliphatic carbocycles. The normalized spacial score (nSPS) is 16.5. The summed E-state index contributed by atoms with van der Waals surface area (Å²) in [7, 11) is 0. The van der Waals surface area contributed by atoms with E-state index in [0.717, 1.165) is 43.4 Å². The van der Waals surface area contributed by atoms with Gasteiger partial charge in [0.1, 0.15) is 5.82 Å². The van der Waals surface area contributed by atoms with Gasteiger partial charge in [0.25, 0.3) is 0 Å². The summed E-state index contributed by atoms with van der Waals surface area (Å²) in [4.78, 5) is 4.74. The molecule has 3 rings (SSSR count). The van der Waals surface area contributed by atoms with Crippen molar-refractivity contribution in [1.29, 1.82) is 0 Å². The number of aryl methyl sites for hydroxylation is 2. The van der Waals surface area contributed by atoms with Gasteiger partial charge in [-0.15, -0.1) is 11.6 Å². The van der Waals surface area contributed by atoms with E-state index in [2.05, 4.69) is 29.7 Å². The monoisotopic (exact) mass is 306 g/mol. The van der Waals surface area contributed by atoms with E-state index in [1.54, 1.807) is 0 Å². The Balaban J connectivity index is 1.72. The number of halogens is 1. The number of hydrogen-bond donors (Lipinski definition) is 0. The van der Waals surface area contributed by atoms with E-state index in [1.165, 1.54) is 23.9 Å². The van der Waals surface area contributed by atoms with Gasteiger partial charge in [-0.25, -0.2) is 4.98 Å². The van der Waals surface area contributed by atoms with Gasteiger partial charge in [0.15, 0.2) is 0 Å². The highest BCUT2D eigenvalue weighted by molar-refractivity contribution is 6.20. The van der Waals surface area contributed by atoms with Gasteiger partial charge in [-0.05, 0) is 50.7 Å². The zero-order valence-corrected chi connectivity index (χ0v) is 13.6. The highest BCUT2D eigenvalue weighted by atomic mass is 35.5. The molecule has 1 aliphatic rings. The summed E-state index contributed by atoms with van der Waals surface area (Å²) >= 11 is 6.31. The summed E-state index contributed by atoms with van der Waals surface area (Å²) in [5, 5.41) is -0.0795. The maximum atomic E-state index is 6.31. The molecular weight excluding hydrogens is 284 g/mol. The molecule has 1 atom stereocenters. The number of imidazole rings is 1. The number of aromatic nitrogens is 2. The third kappa shape index (κ3) is 3.41. The van der Waals surface area contributed by atoms with Crippen LogP contribution < -0.4 is 0 Å². The van der Waals surface area contributed by atoms with Crippen molar-refractivity contribution in [1.82, 2.24) is 9.55 Å². The van der Waals surface area contributed by atoms with E-state index in [1.807, 2.05) is 6.92 Å². The van der Waals surface area contributed by atoms with Crippen LogP contribution in [0.1, 0.15) is 43.0 Å². The van der Waals surface area contributed by atoms with Crippen molar-refractivity contribution in [2.24, 2.45) is 5.92 Å². The maximum Gasteiger partial charge on any atom is 0.127 e. The summed E-state index contributed by atoms with van der Waals surface area (Å²) in [5.74, 6) is 1.79. The van der Waals surface area contributed by atoms with Crippen LogP contribution >= 0.6 is 11.6 Å². The molecule has 114 valence electrons. The number of nitrogens with zero attached hydrogens (tertiary/aromatic N) is 2. The number of rotatable bonds is 7. The van der Waals surface area contributed by atoms with Crippen molar-refractivity contribution in [3.05, 3.63) is 29.6 Å². The van der Waals surface area contributed by atoms with Crippen LogP contribution in [0.25, 0.3) is 11.0 Å². The van der Waals surface area contributed by atoms with Crippen LogP contribution in [0.2, 0.25) is 0 Å². The van der Waals surface area contributed by atoms with Crippen LogP contribution in [0.4, 0.5) is 0 Å². The topological polar surface area (TPSA) is 27.1 Å². The van der Waals surface area contributed by atoms with Crippen LogP contribution in [0, 0.1) is 12.8 Å². The molecule has 0 aliphatic heterocycles. The molecule has 0 spiro atoms. The molecule has 4 heteroatoms. The first-order valence-corrected chi connectivity index (χ1v) is 8.28. The lowest BCUT2D eigenvalue weighted by Gasteiger charge is -2.10. The van der Waals surface area contributed by atoms with Crippen LogP contribution in [-0.2, 0) is 11.3 Å². The average Bonchev–Trinajstić information content (AvgIpc) is 3.19. The van der Waals surface area contributed by atoms with Crippen molar-refractivity contribution in [3.63, 3.8) is 0 Å². The minimum atomic E-state index is -0.0795. The molecular formula is C17H23ClN2O. The van der Waals surface area contributed by atoms with Crippen molar-refractivity contribution in [3.8, 4) is 0 Å². The van der Waals surface area contributed by atoms with E-state index in [4.69, 9.17) is 21.3 Å². The molecule has 1 heterocycles. The number of hydrogen-bond acceptors (Lipinski definition) is 2. The highest BCUT2D eigenvalue weighted by Gasteiger charge is 2.21. The quantitative estimate of drug-likeness (QED) is 0.558. The first kappa shape index (κ1) is 14.9. The lowest BCUT2D eigenvalue weighted by Crippen LogP contribution is -2.08. The largest absolute Gasteiger partial charge is 0.381 e. The van der Waals surface area contributed by atoms with Gasteiger partial charge in [0.2, 0.25) is 0 Å². The predicted octanol–water partition coefficient (Wildman–Crippen LogP) is 4.46. The standard InChI is InChI=1S/C17H23ClN2O/c1-12-5-3-6-15-16(12)19-17(13(2)18)20(15)9-4-10-21-11-14-7-8-14/h3,5-6,13-14H,4,7-11H2,1-2H3. The Morgan fingerprint density at radius 2 is 2.24 bits per heavy atom. The summed E-state index contributed by atoms with van der Waals surface area (Å²) in [6.07, 6.45) is 3.70. The molecule has 21 heavy (non-hydrogen) atoms. The Kier molecular flexibility index (Phi) is 4.51. The molecule has 0 saturated heterocycles. The Morgan fingerprint density at radius 3 is 2.95 bits per heavy atom. The number of para-hydroxylation sites is 1. The average molecular weight is 307 g/mol. The van der Waals surface area contributed by atoms with E-state index < -0.39 is 0 Å². The molecule has 1 saturated carbocycles. The molecule has 0 amide bonds. The SMILES string of the molecule is Cc1cccc2c1nc(C(C)Cl)n2CCCOCC1CC1. The zero-order valence-electron chi connectivity index (χ0n) is 12.8. The number of fused-ring (bicyclic) bond motifs is 1. The van der Waals surface area contributed by atoms with Crippen LogP contribution in [0.3, 0.4) is 0 Å². The van der Waals surface area contributed by atoms with Gasteiger partial charge >= 0.3 is 0 Å². The first-order chi connectivity index (χ1) is 10.2. The van der Waals surface area contributed by atoms with E-state index >= 15 is 0 Å². The fourth-order valence-corrected chi connectivity index (χ4v) is 2.87. The van der Waals surface area contributed by atoms with Crippen molar-refractivity contribution < 1.29 is 4.74 Å². The lowest BCUT2D eigenvalue weighted by molar-refractivity contribution is 0.119. The Labute approximate surface area is 131 Å². The molecule has 0 N–H and O–H groups in total. The number of benzene rings is 1. The fourth-order valence-electron chi connectivity index (χ4n) is 2.70. The van der Waals surface area contributed by atoms with Crippen molar-refractivity contribution >= 4 is 22.6 Å². The second-order valence-corrected chi connectivity index (χ2v) is 6.71. The summed E-state index contributed by atoms with van der Waals surface area (Å²) in [5.41, 5.74) is 3.45. The Bertz CT molecular complexity index is 617. The molecule has 3 nitrogen and oxygen atoms in total.